The number of rotatable bonds is 5. The van der Waals surface area contributed by atoms with Crippen molar-refractivity contribution in [1.29, 1.82) is 0 Å². The van der Waals surface area contributed by atoms with E-state index in [-0.39, 0.29) is 12.3 Å². The van der Waals surface area contributed by atoms with Crippen molar-refractivity contribution in [2.75, 3.05) is 40.4 Å². The second-order valence-electron chi connectivity index (χ2n) is 8.28. The minimum absolute atomic E-state index is 0.00767. The number of pyridine rings is 1. The van der Waals surface area contributed by atoms with Gasteiger partial charge in [-0.15, -0.1) is 0 Å². The molecule has 2 aliphatic heterocycles. The van der Waals surface area contributed by atoms with Gasteiger partial charge in [-0.3, -0.25) is 4.98 Å². The topological polar surface area (TPSA) is 72.7 Å². The third-order valence-corrected chi connectivity index (χ3v) is 5.85. The van der Waals surface area contributed by atoms with Crippen LogP contribution in [0, 0.1) is 5.92 Å². The largest absolute Gasteiger partial charge is 0.492 e. The van der Waals surface area contributed by atoms with Crippen LogP contribution in [0.15, 0.2) is 30.6 Å². The van der Waals surface area contributed by atoms with Crippen molar-refractivity contribution in [3.63, 3.8) is 0 Å². The van der Waals surface area contributed by atoms with Gasteiger partial charge in [0.25, 0.3) is 0 Å². The third-order valence-electron chi connectivity index (χ3n) is 5.85. The Morgan fingerprint density at radius 1 is 1.20 bits per heavy atom. The van der Waals surface area contributed by atoms with Crippen molar-refractivity contribution in [3.8, 4) is 17.1 Å². The Labute approximate surface area is 177 Å². The molecular weight excluding hydrogens is 382 g/mol. The fourth-order valence-electron chi connectivity index (χ4n) is 4.07. The van der Waals surface area contributed by atoms with Gasteiger partial charge >= 0.3 is 6.03 Å². The van der Waals surface area contributed by atoms with E-state index in [0.717, 1.165) is 68.9 Å². The minimum atomic E-state index is -0.00767. The van der Waals surface area contributed by atoms with Crippen LogP contribution in [-0.2, 0) is 4.74 Å². The highest BCUT2D eigenvalue weighted by Gasteiger charge is 2.24. The van der Waals surface area contributed by atoms with Crippen LogP contribution in [0.3, 0.4) is 0 Å². The lowest BCUT2D eigenvalue weighted by atomic mass is 9.98. The number of nitrogens with zero attached hydrogens (tertiary/aromatic N) is 5. The van der Waals surface area contributed by atoms with Crippen LogP contribution in [0.2, 0.25) is 0 Å². The Hall–Kier alpha value is -2.61. The highest BCUT2D eigenvalue weighted by atomic mass is 16.5. The van der Waals surface area contributed by atoms with Gasteiger partial charge in [-0.05, 0) is 56.2 Å². The standard InChI is InChI=1S/C22H31N5O3/c1-25(2)22(28)26-12-9-17(10-13-26)16-30-18-6-7-19(23-15-18)20-8-11-24-27(20)21-5-3-4-14-29-21/h6-8,11,15,17,21H,3-5,9-10,12-14,16H2,1-2H3. The number of likely N-dealkylation sites (tertiary alicyclic amines) is 1. The van der Waals surface area contributed by atoms with E-state index in [2.05, 4.69) is 10.1 Å². The number of urea groups is 1. The Morgan fingerprint density at radius 3 is 2.70 bits per heavy atom. The minimum Gasteiger partial charge on any atom is -0.492 e. The van der Waals surface area contributed by atoms with Crippen LogP contribution in [0.5, 0.6) is 5.75 Å². The number of carbonyl (C=O) groups is 1. The zero-order chi connectivity index (χ0) is 20.9. The second-order valence-corrected chi connectivity index (χ2v) is 8.28. The summed E-state index contributed by atoms with van der Waals surface area (Å²) in [5, 5.41) is 4.45. The monoisotopic (exact) mass is 413 g/mol. The lowest BCUT2D eigenvalue weighted by molar-refractivity contribution is -0.0384. The summed E-state index contributed by atoms with van der Waals surface area (Å²) in [5.41, 5.74) is 1.83. The van der Waals surface area contributed by atoms with Crippen molar-refractivity contribution >= 4 is 6.03 Å². The zero-order valence-electron chi connectivity index (χ0n) is 17.9. The Kier molecular flexibility index (Phi) is 6.52. The van der Waals surface area contributed by atoms with Gasteiger partial charge in [0, 0.05) is 40.0 Å². The summed E-state index contributed by atoms with van der Waals surface area (Å²) in [6.07, 6.45) is 8.75. The van der Waals surface area contributed by atoms with Gasteiger partial charge in [-0.1, -0.05) is 0 Å². The van der Waals surface area contributed by atoms with Crippen LogP contribution in [0.1, 0.15) is 38.3 Å². The molecule has 1 unspecified atom stereocenters. The number of hydrogen-bond acceptors (Lipinski definition) is 5. The molecule has 8 heteroatoms. The molecule has 0 N–H and O–H groups in total. The molecule has 30 heavy (non-hydrogen) atoms. The molecular formula is C22H31N5O3. The highest BCUT2D eigenvalue weighted by molar-refractivity contribution is 5.73. The van der Waals surface area contributed by atoms with E-state index in [1.54, 1.807) is 31.4 Å². The maximum atomic E-state index is 12.0. The van der Waals surface area contributed by atoms with E-state index in [4.69, 9.17) is 9.47 Å². The fraction of sp³-hybridized carbons (Fsp3) is 0.591. The molecule has 4 rings (SSSR count). The van der Waals surface area contributed by atoms with E-state index < -0.39 is 0 Å². The van der Waals surface area contributed by atoms with Crippen LogP contribution in [0.25, 0.3) is 11.4 Å². The zero-order valence-corrected chi connectivity index (χ0v) is 17.9. The molecule has 4 heterocycles. The van der Waals surface area contributed by atoms with Gasteiger partial charge in [0.1, 0.15) is 5.75 Å². The Balaban J connectivity index is 1.30. The first-order valence-corrected chi connectivity index (χ1v) is 10.8. The number of ether oxygens (including phenoxy) is 2. The van der Waals surface area contributed by atoms with Crippen molar-refractivity contribution in [1.82, 2.24) is 24.6 Å². The molecule has 0 aliphatic carbocycles. The lowest BCUT2D eigenvalue weighted by Gasteiger charge is -2.33. The average molecular weight is 414 g/mol. The predicted molar refractivity (Wildman–Crippen MR) is 113 cm³/mol. The summed E-state index contributed by atoms with van der Waals surface area (Å²) in [6.45, 7) is 3.01. The predicted octanol–water partition coefficient (Wildman–Crippen LogP) is 3.42. The molecule has 0 spiro atoms. The first kappa shape index (κ1) is 20.7. The van der Waals surface area contributed by atoms with E-state index in [1.165, 1.54) is 0 Å². The van der Waals surface area contributed by atoms with Crippen molar-refractivity contribution in [2.24, 2.45) is 5.92 Å². The number of hydrogen-bond donors (Lipinski definition) is 0. The van der Waals surface area contributed by atoms with Crippen LogP contribution >= 0.6 is 0 Å². The summed E-state index contributed by atoms with van der Waals surface area (Å²) in [7, 11) is 3.59. The smallest absolute Gasteiger partial charge is 0.319 e. The first-order chi connectivity index (χ1) is 14.6. The van der Waals surface area contributed by atoms with E-state index >= 15 is 0 Å². The number of amides is 2. The first-order valence-electron chi connectivity index (χ1n) is 10.8. The fourth-order valence-corrected chi connectivity index (χ4v) is 4.07. The summed E-state index contributed by atoms with van der Waals surface area (Å²) in [5.74, 6) is 1.23. The molecule has 2 saturated heterocycles. The van der Waals surface area contributed by atoms with Gasteiger partial charge in [0.2, 0.25) is 0 Å². The molecule has 0 aromatic carbocycles. The molecule has 162 valence electrons. The van der Waals surface area contributed by atoms with Crippen molar-refractivity contribution < 1.29 is 14.3 Å². The molecule has 2 aliphatic rings. The molecule has 0 radical (unpaired) electrons. The van der Waals surface area contributed by atoms with Gasteiger partial charge in [0.05, 0.1) is 24.2 Å². The summed E-state index contributed by atoms with van der Waals surface area (Å²) in [4.78, 5) is 20.2. The Morgan fingerprint density at radius 2 is 2.03 bits per heavy atom. The molecule has 2 aromatic heterocycles. The van der Waals surface area contributed by atoms with Gasteiger partial charge in [0.15, 0.2) is 6.23 Å². The summed E-state index contributed by atoms with van der Waals surface area (Å²) >= 11 is 0. The molecule has 8 nitrogen and oxygen atoms in total. The third kappa shape index (κ3) is 4.75. The second kappa shape index (κ2) is 9.47. The SMILES string of the molecule is CN(C)C(=O)N1CCC(COc2ccc(-c3ccnn3C3CCCCO3)nc2)CC1. The maximum Gasteiger partial charge on any atom is 0.319 e. The van der Waals surface area contributed by atoms with E-state index in [0.29, 0.717) is 12.5 Å². The van der Waals surface area contributed by atoms with Gasteiger partial charge in [-0.25, -0.2) is 9.48 Å². The average Bonchev–Trinajstić information content (AvgIpc) is 3.28. The maximum absolute atomic E-state index is 12.0. The molecule has 2 aromatic rings. The molecule has 0 bridgehead atoms. The molecule has 2 amide bonds. The number of aromatic nitrogens is 3. The van der Waals surface area contributed by atoms with Crippen LogP contribution in [-0.4, -0.2) is 71.0 Å². The van der Waals surface area contributed by atoms with E-state index in [9.17, 15) is 4.79 Å². The highest BCUT2D eigenvalue weighted by Crippen LogP contribution is 2.28. The molecule has 0 saturated carbocycles. The van der Waals surface area contributed by atoms with Gasteiger partial charge < -0.3 is 19.3 Å². The lowest BCUT2D eigenvalue weighted by Crippen LogP contribution is -2.44. The van der Waals surface area contributed by atoms with E-state index in [1.807, 2.05) is 27.8 Å². The summed E-state index contributed by atoms with van der Waals surface area (Å²) < 4.78 is 13.8. The molecule has 1 atom stereocenters. The summed E-state index contributed by atoms with van der Waals surface area (Å²) in [6, 6.07) is 6.01. The van der Waals surface area contributed by atoms with Crippen LogP contribution < -0.4 is 4.74 Å². The number of piperidine rings is 1. The van der Waals surface area contributed by atoms with Gasteiger partial charge in [-0.2, -0.15) is 5.10 Å². The molecule has 2 fully saturated rings. The van der Waals surface area contributed by atoms with Crippen molar-refractivity contribution in [3.05, 3.63) is 30.6 Å². The number of carbonyl (C=O) groups excluding carboxylic acids is 1. The van der Waals surface area contributed by atoms with Crippen molar-refractivity contribution in [2.45, 2.75) is 38.3 Å². The van der Waals surface area contributed by atoms with Crippen LogP contribution in [0.4, 0.5) is 4.79 Å². The quantitative estimate of drug-likeness (QED) is 0.751. The Bertz CT molecular complexity index is 822. The normalized spacial score (nSPS) is 20.2.